The number of pyridine rings is 1. The number of carbonyl (C=O) groups excluding carboxylic acids is 1. The quantitative estimate of drug-likeness (QED) is 0.901. The molecule has 0 fully saturated rings. The van der Waals surface area contributed by atoms with E-state index in [2.05, 4.69) is 15.6 Å². The first-order valence-corrected chi connectivity index (χ1v) is 8.08. The van der Waals surface area contributed by atoms with Crippen molar-refractivity contribution in [3.63, 3.8) is 0 Å². The van der Waals surface area contributed by atoms with E-state index >= 15 is 0 Å². The molecule has 0 aliphatic heterocycles. The third kappa shape index (κ3) is 4.57. The Kier molecular flexibility index (Phi) is 4.54. The minimum atomic E-state index is -3.20. The van der Waals surface area contributed by atoms with E-state index in [-0.39, 0.29) is 10.9 Å². The van der Waals surface area contributed by atoms with Crippen LogP contribution in [0.4, 0.5) is 10.5 Å². The van der Waals surface area contributed by atoms with Gasteiger partial charge in [-0.25, -0.2) is 13.2 Å². The van der Waals surface area contributed by atoms with E-state index in [1.165, 1.54) is 12.1 Å². The van der Waals surface area contributed by atoms with Crippen LogP contribution in [0.2, 0.25) is 0 Å². The first-order chi connectivity index (χ1) is 9.95. The molecule has 0 saturated heterocycles. The predicted octanol–water partition coefficient (Wildman–Crippen LogP) is 1.81. The molecule has 0 unspecified atom stereocenters. The van der Waals surface area contributed by atoms with Crippen LogP contribution in [0.1, 0.15) is 5.56 Å². The lowest BCUT2D eigenvalue weighted by atomic mass is 10.2. The van der Waals surface area contributed by atoms with Gasteiger partial charge in [-0.05, 0) is 29.8 Å². The van der Waals surface area contributed by atoms with Gasteiger partial charge in [-0.1, -0.05) is 12.1 Å². The number of carbonyl (C=O) groups is 1. The molecular formula is C14H15N3O3S. The number of sulfone groups is 1. The Morgan fingerprint density at radius 3 is 2.48 bits per heavy atom. The fourth-order valence-electron chi connectivity index (χ4n) is 1.65. The van der Waals surface area contributed by atoms with Crippen LogP contribution in [0, 0.1) is 0 Å². The van der Waals surface area contributed by atoms with Crippen molar-refractivity contribution in [1.82, 2.24) is 10.3 Å². The van der Waals surface area contributed by atoms with Gasteiger partial charge in [0, 0.05) is 19.0 Å². The van der Waals surface area contributed by atoms with Gasteiger partial charge in [0.1, 0.15) is 0 Å². The summed E-state index contributed by atoms with van der Waals surface area (Å²) >= 11 is 0. The maximum absolute atomic E-state index is 11.7. The largest absolute Gasteiger partial charge is 0.334 e. The van der Waals surface area contributed by atoms with E-state index < -0.39 is 9.84 Å². The number of hydrogen-bond acceptors (Lipinski definition) is 4. The van der Waals surface area contributed by atoms with Gasteiger partial charge < -0.3 is 10.6 Å². The van der Waals surface area contributed by atoms with Crippen LogP contribution in [0.3, 0.4) is 0 Å². The van der Waals surface area contributed by atoms with E-state index in [1.807, 2.05) is 0 Å². The topological polar surface area (TPSA) is 88.2 Å². The normalized spacial score (nSPS) is 10.9. The average molecular weight is 305 g/mol. The molecule has 0 bridgehead atoms. The fourth-order valence-corrected chi connectivity index (χ4v) is 2.28. The van der Waals surface area contributed by atoms with E-state index in [0.717, 1.165) is 11.8 Å². The predicted molar refractivity (Wildman–Crippen MR) is 79.6 cm³/mol. The van der Waals surface area contributed by atoms with Crippen LogP contribution in [0.5, 0.6) is 0 Å². The summed E-state index contributed by atoms with van der Waals surface area (Å²) in [7, 11) is -3.20. The zero-order chi connectivity index (χ0) is 15.3. The zero-order valence-corrected chi connectivity index (χ0v) is 12.2. The highest BCUT2D eigenvalue weighted by Crippen LogP contribution is 2.10. The molecule has 0 radical (unpaired) electrons. The van der Waals surface area contributed by atoms with Gasteiger partial charge in [0.15, 0.2) is 9.84 Å². The second-order valence-electron chi connectivity index (χ2n) is 4.47. The van der Waals surface area contributed by atoms with Crippen LogP contribution in [-0.4, -0.2) is 25.7 Å². The van der Waals surface area contributed by atoms with Gasteiger partial charge in [-0.3, -0.25) is 4.98 Å². The van der Waals surface area contributed by atoms with Crippen molar-refractivity contribution in [2.75, 3.05) is 11.6 Å². The Labute approximate surface area is 123 Å². The maximum atomic E-state index is 11.7. The van der Waals surface area contributed by atoms with Crippen molar-refractivity contribution in [3.8, 4) is 0 Å². The first-order valence-electron chi connectivity index (χ1n) is 6.19. The smallest absolute Gasteiger partial charge is 0.319 e. The van der Waals surface area contributed by atoms with Gasteiger partial charge >= 0.3 is 6.03 Å². The number of rotatable bonds is 4. The Balaban J connectivity index is 1.90. The lowest BCUT2D eigenvalue weighted by Crippen LogP contribution is -2.28. The molecule has 1 aromatic heterocycles. The minimum Gasteiger partial charge on any atom is -0.334 e. The second kappa shape index (κ2) is 6.36. The second-order valence-corrected chi connectivity index (χ2v) is 6.48. The lowest BCUT2D eigenvalue weighted by Gasteiger charge is -2.07. The number of benzene rings is 1. The van der Waals surface area contributed by atoms with Crippen molar-refractivity contribution < 1.29 is 13.2 Å². The van der Waals surface area contributed by atoms with Crippen molar-refractivity contribution >= 4 is 21.6 Å². The molecule has 1 aromatic carbocycles. The third-order valence-corrected chi connectivity index (χ3v) is 3.85. The summed E-state index contributed by atoms with van der Waals surface area (Å²) in [4.78, 5) is 15.8. The number of nitrogens with one attached hydrogen (secondary N) is 2. The Bertz CT molecular complexity index is 713. The van der Waals surface area contributed by atoms with Crippen LogP contribution < -0.4 is 10.6 Å². The molecule has 0 aliphatic rings. The number of nitrogens with zero attached hydrogens (tertiary/aromatic N) is 1. The number of anilines is 1. The van der Waals surface area contributed by atoms with Gasteiger partial charge in [0.2, 0.25) is 0 Å². The average Bonchev–Trinajstić information content (AvgIpc) is 2.46. The standard InChI is InChI=1S/C14H15N3O3S/c1-21(19,20)13-6-4-11(5-7-13)9-16-14(18)17-12-3-2-8-15-10-12/h2-8,10H,9H2,1H3,(H2,16,17,18). The van der Waals surface area contributed by atoms with Crippen LogP contribution in [0.15, 0.2) is 53.7 Å². The number of aromatic nitrogens is 1. The number of amides is 2. The van der Waals surface area contributed by atoms with Crippen LogP contribution >= 0.6 is 0 Å². The van der Waals surface area contributed by atoms with Gasteiger partial charge in [-0.15, -0.1) is 0 Å². The molecular weight excluding hydrogens is 290 g/mol. The summed E-state index contributed by atoms with van der Waals surface area (Å²) in [5.74, 6) is 0. The Morgan fingerprint density at radius 1 is 1.19 bits per heavy atom. The molecule has 0 spiro atoms. The summed E-state index contributed by atoms with van der Waals surface area (Å²) < 4.78 is 22.7. The number of hydrogen-bond donors (Lipinski definition) is 2. The highest BCUT2D eigenvalue weighted by atomic mass is 32.2. The monoisotopic (exact) mass is 305 g/mol. The van der Waals surface area contributed by atoms with Crippen LogP contribution in [0.25, 0.3) is 0 Å². The maximum Gasteiger partial charge on any atom is 0.319 e. The molecule has 0 atom stereocenters. The fraction of sp³-hybridized carbons (Fsp3) is 0.143. The molecule has 110 valence electrons. The Morgan fingerprint density at radius 2 is 1.90 bits per heavy atom. The van der Waals surface area contributed by atoms with Gasteiger partial charge in [0.05, 0.1) is 16.8 Å². The summed E-state index contributed by atoms with van der Waals surface area (Å²) in [6, 6.07) is 9.47. The van der Waals surface area contributed by atoms with E-state index in [9.17, 15) is 13.2 Å². The van der Waals surface area contributed by atoms with Crippen molar-refractivity contribution in [1.29, 1.82) is 0 Å². The summed E-state index contributed by atoms with van der Waals surface area (Å²) in [5, 5.41) is 5.32. The molecule has 7 heteroatoms. The third-order valence-electron chi connectivity index (χ3n) is 2.72. The molecule has 2 aromatic rings. The lowest BCUT2D eigenvalue weighted by molar-refractivity contribution is 0.251. The van der Waals surface area contributed by atoms with E-state index in [1.54, 1.807) is 36.7 Å². The molecule has 0 saturated carbocycles. The van der Waals surface area contributed by atoms with Gasteiger partial charge in [0.25, 0.3) is 0 Å². The SMILES string of the molecule is CS(=O)(=O)c1ccc(CNC(=O)Nc2cccnc2)cc1. The van der Waals surface area contributed by atoms with Crippen molar-refractivity contribution in [2.24, 2.45) is 0 Å². The molecule has 1 heterocycles. The molecule has 6 nitrogen and oxygen atoms in total. The zero-order valence-electron chi connectivity index (χ0n) is 11.4. The molecule has 0 aliphatic carbocycles. The van der Waals surface area contributed by atoms with E-state index in [0.29, 0.717) is 12.2 Å². The minimum absolute atomic E-state index is 0.256. The summed E-state index contributed by atoms with van der Waals surface area (Å²) in [5.41, 5.74) is 1.41. The molecule has 2 N–H and O–H groups in total. The summed E-state index contributed by atoms with van der Waals surface area (Å²) in [6.07, 6.45) is 4.31. The molecule has 2 rings (SSSR count). The first kappa shape index (κ1) is 15.0. The highest BCUT2D eigenvalue weighted by molar-refractivity contribution is 7.90. The van der Waals surface area contributed by atoms with Crippen LogP contribution in [-0.2, 0) is 16.4 Å². The summed E-state index contributed by atoms with van der Waals surface area (Å²) in [6.45, 7) is 0.302. The Hall–Kier alpha value is -2.41. The van der Waals surface area contributed by atoms with E-state index in [4.69, 9.17) is 0 Å². The number of urea groups is 1. The van der Waals surface area contributed by atoms with Crippen molar-refractivity contribution in [3.05, 3.63) is 54.4 Å². The van der Waals surface area contributed by atoms with Gasteiger partial charge in [-0.2, -0.15) is 0 Å². The van der Waals surface area contributed by atoms with Crippen molar-refractivity contribution in [2.45, 2.75) is 11.4 Å². The molecule has 21 heavy (non-hydrogen) atoms. The highest BCUT2D eigenvalue weighted by Gasteiger charge is 2.06. The molecule has 2 amide bonds.